The second-order valence-corrected chi connectivity index (χ2v) is 6.89. The first-order valence-corrected chi connectivity index (χ1v) is 8.36. The first-order valence-electron chi connectivity index (χ1n) is 8.36. The van der Waals surface area contributed by atoms with Crippen molar-refractivity contribution < 1.29 is 13.9 Å². The average Bonchev–Trinajstić information content (AvgIpc) is 2.97. The smallest absolute Gasteiger partial charge is 0.244 e. The normalized spacial score (nSPS) is 21.8. The van der Waals surface area contributed by atoms with Crippen molar-refractivity contribution in [1.82, 2.24) is 9.80 Å². The Bertz CT molecular complexity index is 570. The number of carbonyl (C=O) groups is 1. The fraction of sp³-hybridized carbons (Fsp3) is 0.611. The Kier molecular flexibility index (Phi) is 4.69. The molecular formula is C18H25FN2O2. The van der Waals surface area contributed by atoms with E-state index in [-0.39, 0.29) is 17.3 Å². The summed E-state index contributed by atoms with van der Waals surface area (Å²) in [5.41, 5.74) is 0.273. The van der Waals surface area contributed by atoms with Crippen LogP contribution in [0.25, 0.3) is 0 Å². The molecule has 0 bridgehead atoms. The summed E-state index contributed by atoms with van der Waals surface area (Å²) in [6.45, 7) is 1.78. The third-order valence-corrected chi connectivity index (χ3v) is 5.03. The van der Waals surface area contributed by atoms with Gasteiger partial charge >= 0.3 is 0 Å². The Hall–Kier alpha value is -1.46. The number of likely N-dealkylation sites (N-methyl/N-ethyl adjacent to an activating group) is 1. The fourth-order valence-corrected chi connectivity index (χ4v) is 3.86. The molecule has 1 amide bonds. The third kappa shape index (κ3) is 3.26. The molecule has 3 rings (SSSR count). The first-order chi connectivity index (χ1) is 11.0. The highest BCUT2D eigenvalue weighted by Gasteiger charge is 2.42. The van der Waals surface area contributed by atoms with Crippen molar-refractivity contribution in [3.8, 4) is 0 Å². The molecule has 0 N–H and O–H groups in total. The Morgan fingerprint density at radius 2 is 2.00 bits per heavy atom. The van der Waals surface area contributed by atoms with Crippen LogP contribution >= 0.6 is 0 Å². The van der Waals surface area contributed by atoms with Gasteiger partial charge in [-0.15, -0.1) is 0 Å². The van der Waals surface area contributed by atoms with Crippen molar-refractivity contribution in [2.75, 3.05) is 33.8 Å². The van der Waals surface area contributed by atoms with Gasteiger partial charge in [0.2, 0.25) is 5.91 Å². The van der Waals surface area contributed by atoms with Gasteiger partial charge in [-0.05, 0) is 33.0 Å². The van der Waals surface area contributed by atoms with E-state index in [1.54, 1.807) is 23.1 Å². The minimum Gasteiger partial charge on any atom is -0.371 e. The van der Waals surface area contributed by atoms with E-state index in [0.717, 1.165) is 25.7 Å². The molecule has 1 atom stereocenters. The quantitative estimate of drug-likeness (QED) is 0.858. The lowest BCUT2D eigenvalue weighted by molar-refractivity contribution is -0.154. The van der Waals surface area contributed by atoms with E-state index in [2.05, 4.69) is 0 Å². The van der Waals surface area contributed by atoms with Crippen molar-refractivity contribution in [1.29, 1.82) is 0 Å². The van der Waals surface area contributed by atoms with Crippen molar-refractivity contribution in [2.24, 2.45) is 0 Å². The Morgan fingerprint density at radius 3 is 2.65 bits per heavy atom. The zero-order chi connectivity index (χ0) is 16.4. The summed E-state index contributed by atoms with van der Waals surface area (Å²) in [6, 6.07) is 5.95. The minimum absolute atomic E-state index is 0.0327. The summed E-state index contributed by atoms with van der Waals surface area (Å²) < 4.78 is 20.2. The van der Waals surface area contributed by atoms with Gasteiger partial charge < -0.3 is 9.64 Å². The van der Waals surface area contributed by atoms with Gasteiger partial charge in [0.25, 0.3) is 0 Å². The van der Waals surface area contributed by atoms with E-state index >= 15 is 0 Å². The molecule has 2 aliphatic rings. The molecular weight excluding hydrogens is 295 g/mol. The molecule has 5 heteroatoms. The molecule has 1 aliphatic carbocycles. The monoisotopic (exact) mass is 320 g/mol. The average molecular weight is 320 g/mol. The van der Waals surface area contributed by atoms with E-state index in [1.165, 1.54) is 6.07 Å². The maximum atomic E-state index is 14.2. The van der Waals surface area contributed by atoms with Crippen LogP contribution in [0, 0.1) is 5.82 Å². The predicted molar refractivity (Wildman–Crippen MR) is 86.6 cm³/mol. The highest BCUT2D eigenvalue weighted by atomic mass is 19.1. The number of morpholine rings is 1. The summed E-state index contributed by atoms with van der Waals surface area (Å²) in [4.78, 5) is 16.8. The summed E-state index contributed by atoms with van der Waals surface area (Å²) in [5, 5.41) is 0. The number of carbonyl (C=O) groups excluding carboxylic acids is 1. The molecule has 0 unspecified atom stereocenters. The number of hydrogen-bond donors (Lipinski definition) is 0. The lowest BCUT2D eigenvalue weighted by atomic mass is 9.97. The van der Waals surface area contributed by atoms with Crippen LogP contribution in [0.5, 0.6) is 0 Å². The van der Waals surface area contributed by atoms with E-state index in [0.29, 0.717) is 25.3 Å². The molecule has 1 heterocycles. The van der Waals surface area contributed by atoms with E-state index in [4.69, 9.17) is 4.74 Å². The van der Waals surface area contributed by atoms with Crippen molar-refractivity contribution >= 4 is 5.91 Å². The zero-order valence-electron chi connectivity index (χ0n) is 13.9. The van der Waals surface area contributed by atoms with Gasteiger partial charge in [0.05, 0.1) is 12.2 Å². The van der Waals surface area contributed by atoms with Crippen LogP contribution in [0.15, 0.2) is 24.3 Å². The van der Waals surface area contributed by atoms with Gasteiger partial charge in [-0.1, -0.05) is 31.0 Å². The van der Waals surface area contributed by atoms with Crippen LogP contribution < -0.4 is 0 Å². The fourth-order valence-electron chi connectivity index (χ4n) is 3.86. The Morgan fingerprint density at radius 1 is 1.30 bits per heavy atom. The van der Waals surface area contributed by atoms with E-state index in [1.807, 2.05) is 19.0 Å². The molecule has 126 valence electrons. The molecule has 1 aromatic rings. The zero-order valence-corrected chi connectivity index (χ0v) is 13.9. The molecule has 23 heavy (non-hydrogen) atoms. The predicted octanol–water partition coefficient (Wildman–Crippen LogP) is 2.60. The second-order valence-electron chi connectivity index (χ2n) is 6.89. The van der Waals surface area contributed by atoms with Gasteiger partial charge in [-0.3, -0.25) is 9.69 Å². The van der Waals surface area contributed by atoms with Gasteiger partial charge in [-0.25, -0.2) is 4.39 Å². The number of rotatable bonds is 3. The lowest BCUT2D eigenvalue weighted by Gasteiger charge is -2.42. The maximum Gasteiger partial charge on any atom is 0.244 e. The molecule has 4 nitrogen and oxygen atoms in total. The molecule has 1 spiro atoms. The number of amides is 1. The maximum absolute atomic E-state index is 14.2. The molecule has 1 aliphatic heterocycles. The summed E-state index contributed by atoms with van der Waals surface area (Å²) >= 11 is 0. The second kappa shape index (κ2) is 6.57. The van der Waals surface area contributed by atoms with Crippen LogP contribution in [0.3, 0.4) is 0 Å². The third-order valence-electron chi connectivity index (χ3n) is 5.03. The summed E-state index contributed by atoms with van der Waals surface area (Å²) in [7, 11) is 3.64. The van der Waals surface area contributed by atoms with Crippen molar-refractivity contribution in [3.63, 3.8) is 0 Å². The summed E-state index contributed by atoms with van der Waals surface area (Å²) in [5.74, 6) is -0.363. The Balaban J connectivity index is 1.83. The number of benzene rings is 1. The van der Waals surface area contributed by atoms with Crippen LogP contribution in [0.1, 0.15) is 37.3 Å². The van der Waals surface area contributed by atoms with E-state index < -0.39 is 6.04 Å². The van der Waals surface area contributed by atoms with Crippen molar-refractivity contribution in [2.45, 2.75) is 37.3 Å². The van der Waals surface area contributed by atoms with Gasteiger partial charge in [0.15, 0.2) is 0 Å². The molecule has 1 aromatic carbocycles. The first kappa shape index (κ1) is 16.4. The van der Waals surface area contributed by atoms with Crippen LogP contribution in [-0.4, -0.2) is 55.1 Å². The molecule has 0 radical (unpaired) electrons. The topological polar surface area (TPSA) is 32.8 Å². The number of ether oxygens (including phenoxy) is 1. The molecule has 2 fully saturated rings. The molecule has 0 aromatic heterocycles. The number of nitrogens with zero attached hydrogens (tertiary/aromatic N) is 2. The van der Waals surface area contributed by atoms with E-state index in [9.17, 15) is 9.18 Å². The lowest BCUT2D eigenvalue weighted by Crippen LogP contribution is -2.54. The van der Waals surface area contributed by atoms with Crippen LogP contribution in [0.2, 0.25) is 0 Å². The number of halogens is 1. The van der Waals surface area contributed by atoms with Gasteiger partial charge in [-0.2, -0.15) is 0 Å². The SMILES string of the molecule is CN(C)[C@H](C(=O)N1CCOC2(CCCC2)C1)c1ccccc1F. The molecule has 1 saturated carbocycles. The standard InChI is InChI=1S/C18H25FN2O2/c1-20(2)16(14-7-3-4-8-15(14)19)17(22)21-11-12-23-18(13-21)9-5-6-10-18/h3-4,7-8,16H,5-6,9-13H2,1-2H3/t16-/m0/s1. The van der Waals surface area contributed by atoms with Crippen LogP contribution in [0.4, 0.5) is 4.39 Å². The van der Waals surface area contributed by atoms with Gasteiger partial charge in [0, 0.05) is 18.7 Å². The summed E-state index contributed by atoms with van der Waals surface area (Å²) in [6.07, 6.45) is 4.35. The highest BCUT2D eigenvalue weighted by Crippen LogP contribution is 2.37. The minimum atomic E-state index is -0.590. The Labute approximate surface area is 137 Å². The largest absolute Gasteiger partial charge is 0.371 e. The van der Waals surface area contributed by atoms with Gasteiger partial charge in [0.1, 0.15) is 11.9 Å². The highest BCUT2D eigenvalue weighted by molar-refractivity contribution is 5.83. The van der Waals surface area contributed by atoms with Crippen molar-refractivity contribution in [3.05, 3.63) is 35.6 Å². The number of hydrogen-bond acceptors (Lipinski definition) is 3. The molecule has 1 saturated heterocycles. The van der Waals surface area contributed by atoms with Crippen LogP contribution in [-0.2, 0) is 9.53 Å².